The SMILES string of the molecule is COc1ccc(F)cc1C(=O)NCc1ccc(-c2nc(C3CCOCC3)cc3[nH]nc(N)c23)cc1. The fraction of sp³-hybridized carbons (Fsp3) is 0.269. The number of ether oxygens (including phenoxy) is 2. The van der Waals surface area contributed by atoms with E-state index in [4.69, 9.17) is 20.2 Å². The second kappa shape index (κ2) is 9.71. The largest absolute Gasteiger partial charge is 0.496 e. The van der Waals surface area contributed by atoms with E-state index in [1.807, 2.05) is 30.3 Å². The van der Waals surface area contributed by atoms with Crippen LogP contribution in [0.2, 0.25) is 0 Å². The maximum Gasteiger partial charge on any atom is 0.255 e. The lowest BCUT2D eigenvalue weighted by atomic mass is 9.94. The monoisotopic (exact) mass is 475 g/mol. The highest BCUT2D eigenvalue weighted by Crippen LogP contribution is 2.34. The van der Waals surface area contributed by atoms with E-state index >= 15 is 0 Å². The van der Waals surface area contributed by atoms with Crippen molar-refractivity contribution in [3.05, 3.63) is 71.2 Å². The molecule has 2 aromatic heterocycles. The van der Waals surface area contributed by atoms with Gasteiger partial charge in [0.15, 0.2) is 5.82 Å². The van der Waals surface area contributed by atoms with Crippen molar-refractivity contribution in [3.63, 3.8) is 0 Å². The molecule has 180 valence electrons. The number of carbonyl (C=O) groups excluding carboxylic acids is 1. The number of pyridine rings is 1. The molecule has 5 rings (SSSR count). The van der Waals surface area contributed by atoms with Gasteiger partial charge in [-0.25, -0.2) is 4.39 Å². The number of aromatic nitrogens is 3. The molecule has 4 aromatic rings. The number of nitrogens with zero attached hydrogens (tertiary/aromatic N) is 2. The maximum atomic E-state index is 13.6. The molecule has 3 heterocycles. The van der Waals surface area contributed by atoms with Crippen molar-refractivity contribution in [2.75, 3.05) is 26.1 Å². The van der Waals surface area contributed by atoms with Crippen LogP contribution in [0.1, 0.15) is 40.4 Å². The molecular formula is C26H26FN5O3. The summed E-state index contributed by atoms with van der Waals surface area (Å²) in [6.45, 7) is 1.73. The Balaban J connectivity index is 1.38. The van der Waals surface area contributed by atoms with E-state index in [0.717, 1.165) is 65.5 Å². The highest BCUT2D eigenvalue weighted by molar-refractivity contribution is 6.00. The summed E-state index contributed by atoms with van der Waals surface area (Å²) in [5, 5.41) is 10.8. The van der Waals surface area contributed by atoms with Crippen LogP contribution in [-0.2, 0) is 11.3 Å². The van der Waals surface area contributed by atoms with Gasteiger partial charge in [0.1, 0.15) is 11.6 Å². The van der Waals surface area contributed by atoms with Crippen LogP contribution in [0.25, 0.3) is 22.2 Å². The van der Waals surface area contributed by atoms with Crippen LogP contribution in [0.15, 0.2) is 48.5 Å². The number of nitrogens with one attached hydrogen (secondary N) is 2. The number of fused-ring (bicyclic) bond motifs is 1. The van der Waals surface area contributed by atoms with Gasteiger partial charge in [0.05, 0.1) is 29.3 Å². The average molecular weight is 476 g/mol. The van der Waals surface area contributed by atoms with Crippen molar-refractivity contribution in [2.24, 2.45) is 0 Å². The molecule has 0 aliphatic carbocycles. The number of carbonyl (C=O) groups is 1. The first kappa shape index (κ1) is 22.8. The third-order valence-corrected chi connectivity index (χ3v) is 6.32. The molecule has 0 spiro atoms. The first-order valence-electron chi connectivity index (χ1n) is 11.5. The van der Waals surface area contributed by atoms with E-state index in [9.17, 15) is 9.18 Å². The highest BCUT2D eigenvalue weighted by Gasteiger charge is 2.21. The van der Waals surface area contributed by atoms with Crippen molar-refractivity contribution in [2.45, 2.75) is 25.3 Å². The topological polar surface area (TPSA) is 115 Å². The minimum absolute atomic E-state index is 0.149. The lowest BCUT2D eigenvalue weighted by molar-refractivity contribution is 0.0845. The van der Waals surface area contributed by atoms with Gasteiger partial charge in [-0.3, -0.25) is 14.9 Å². The van der Waals surface area contributed by atoms with Gasteiger partial charge >= 0.3 is 0 Å². The number of nitrogen functional groups attached to an aromatic ring is 1. The number of nitrogens with two attached hydrogens (primary N) is 1. The second-order valence-corrected chi connectivity index (χ2v) is 8.54. The number of halogens is 1. The standard InChI is InChI=1S/C26H26FN5O3/c1-34-22-7-6-18(27)12-19(22)26(33)29-14-15-2-4-17(5-3-15)24-23-21(31-32-25(23)28)13-20(30-24)16-8-10-35-11-9-16/h2-7,12-13,16H,8-11,14H2,1H3,(H,29,33)(H3,28,31,32). The van der Waals surface area contributed by atoms with E-state index < -0.39 is 11.7 Å². The number of H-pyrrole nitrogens is 1. The zero-order chi connectivity index (χ0) is 24.4. The van der Waals surface area contributed by atoms with Crippen molar-refractivity contribution < 1.29 is 18.7 Å². The number of hydrogen-bond acceptors (Lipinski definition) is 6. The van der Waals surface area contributed by atoms with Crippen LogP contribution in [0.3, 0.4) is 0 Å². The van der Waals surface area contributed by atoms with Gasteiger partial charge in [-0.05, 0) is 42.7 Å². The van der Waals surface area contributed by atoms with E-state index in [0.29, 0.717) is 17.5 Å². The number of hydrogen-bond donors (Lipinski definition) is 3. The Bertz CT molecular complexity index is 1360. The predicted molar refractivity (Wildman–Crippen MR) is 131 cm³/mol. The Morgan fingerprint density at radius 2 is 1.97 bits per heavy atom. The summed E-state index contributed by atoms with van der Waals surface area (Å²) >= 11 is 0. The number of aromatic amines is 1. The zero-order valence-electron chi connectivity index (χ0n) is 19.3. The molecule has 1 amide bonds. The van der Waals surface area contributed by atoms with E-state index in [-0.39, 0.29) is 12.1 Å². The third-order valence-electron chi connectivity index (χ3n) is 6.32. The summed E-state index contributed by atoms with van der Waals surface area (Å²) in [5.74, 6) is 0.133. The van der Waals surface area contributed by atoms with Crippen LogP contribution >= 0.6 is 0 Å². The normalized spacial score (nSPS) is 14.2. The van der Waals surface area contributed by atoms with Crippen LogP contribution in [-0.4, -0.2) is 41.4 Å². The lowest BCUT2D eigenvalue weighted by Crippen LogP contribution is -2.23. The number of benzene rings is 2. The summed E-state index contributed by atoms with van der Waals surface area (Å²) in [6, 6.07) is 13.6. The molecule has 0 saturated carbocycles. The molecule has 0 bridgehead atoms. The lowest BCUT2D eigenvalue weighted by Gasteiger charge is -2.22. The van der Waals surface area contributed by atoms with Crippen molar-refractivity contribution >= 4 is 22.6 Å². The van der Waals surface area contributed by atoms with Crippen LogP contribution in [0.5, 0.6) is 5.75 Å². The molecule has 9 heteroatoms. The Labute approximate surface area is 201 Å². The molecule has 8 nitrogen and oxygen atoms in total. The number of methoxy groups -OCH3 is 1. The molecular weight excluding hydrogens is 449 g/mol. The molecule has 0 radical (unpaired) electrons. The number of amides is 1. The third kappa shape index (κ3) is 4.67. The van der Waals surface area contributed by atoms with Crippen molar-refractivity contribution in [3.8, 4) is 17.0 Å². The van der Waals surface area contributed by atoms with Crippen LogP contribution in [0.4, 0.5) is 10.2 Å². The summed E-state index contributed by atoms with van der Waals surface area (Å²) in [4.78, 5) is 17.6. The van der Waals surface area contributed by atoms with E-state index in [1.165, 1.54) is 19.2 Å². The van der Waals surface area contributed by atoms with Gasteiger partial charge < -0.3 is 20.5 Å². The molecule has 35 heavy (non-hydrogen) atoms. The molecule has 0 unspecified atom stereocenters. The molecule has 0 atom stereocenters. The van der Waals surface area contributed by atoms with Crippen LogP contribution < -0.4 is 15.8 Å². The molecule has 4 N–H and O–H groups in total. The summed E-state index contributed by atoms with van der Waals surface area (Å²) in [6.07, 6.45) is 1.85. The fourth-order valence-electron chi connectivity index (χ4n) is 4.42. The summed E-state index contributed by atoms with van der Waals surface area (Å²) in [5.41, 5.74) is 10.7. The highest BCUT2D eigenvalue weighted by atomic mass is 19.1. The molecule has 2 aromatic carbocycles. The Hall–Kier alpha value is -3.98. The van der Waals surface area contributed by atoms with E-state index in [1.54, 1.807) is 0 Å². The van der Waals surface area contributed by atoms with Crippen molar-refractivity contribution in [1.82, 2.24) is 20.5 Å². The maximum absolute atomic E-state index is 13.6. The van der Waals surface area contributed by atoms with Gasteiger partial charge in [-0.2, -0.15) is 5.10 Å². The van der Waals surface area contributed by atoms with Gasteiger partial charge in [0.25, 0.3) is 5.91 Å². The van der Waals surface area contributed by atoms with E-state index in [2.05, 4.69) is 15.5 Å². The van der Waals surface area contributed by atoms with Gasteiger partial charge in [0, 0.05) is 36.9 Å². The molecule has 1 aliphatic heterocycles. The summed E-state index contributed by atoms with van der Waals surface area (Å²) in [7, 11) is 1.44. The molecule has 1 fully saturated rings. The first-order chi connectivity index (χ1) is 17.0. The number of anilines is 1. The van der Waals surface area contributed by atoms with Gasteiger partial charge in [-0.1, -0.05) is 24.3 Å². The predicted octanol–water partition coefficient (Wildman–Crippen LogP) is 4.18. The van der Waals surface area contributed by atoms with Gasteiger partial charge in [0.2, 0.25) is 0 Å². The van der Waals surface area contributed by atoms with Crippen LogP contribution in [0, 0.1) is 5.82 Å². The average Bonchev–Trinajstić information content (AvgIpc) is 3.28. The molecule has 1 saturated heterocycles. The quantitative estimate of drug-likeness (QED) is 0.385. The number of rotatable bonds is 6. The molecule has 1 aliphatic rings. The minimum Gasteiger partial charge on any atom is -0.496 e. The smallest absolute Gasteiger partial charge is 0.255 e. The van der Waals surface area contributed by atoms with Gasteiger partial charge in [-0.15, -0.1) is 0 Å². The Kier molecular flexibility index (Phi) is 6.33. The summed E-state index contributed by atoms with van der Waals surface area (Å²) < 4.78 is 24.3. The second-order valence-electron chi connectivity index (χ2n) is 8.54. The Morgan fingerprint density at radius 1 is 1.20 bits per heavy atom. The Morgan fingerprint density at radius 3 is 2.71 bits per heavy atom. The first-order valence-corrected chi connectivity index (χ1v) is 11.5. The minimum atomic E-state index is -0.499. The van der Waals surface area contributed by atoms with Crippen molar-refractivity contribution in [1.29, 1.82) is 0 Å². The fourth-order valence-corrected chi connectivity index (χ4v) is 4.42. The zero-order valence-corrected chi connectivity index (χ0v) is 19.3.